The average Bonchev–Trinajstić information content (AvgIpc) is 2.68. The van der Waals surface area contributed by atoms with Gasteiger partial charge in [0.05, 0.1) is 18.4 Å². The number of methoxy groups -OCH3 is 1. The van der Waals surface area contributed by atoms with Gasteiger partial charge in [0.2, 0.25) is 5.91 Å². The number of hydrogen-bond donors (Lipinski definition) is 1. The van der Waals surface area contributed by atoms with Crippen LogP contribution in [0.15, 0.2) is 48.5 Å². The van der Waals surface area contributed by atoms with Crippen molar-refractivity contribution >= 4 is 29.2 Å². The van der Waals surface area contributed by atoms with E-state index in [0.717, 1.165) is 0 Å². The molecule has 0 spiro atoms. The third kappa shape index (κ3) is 4.08. The van der Waals surface area contributed by atoms with Gasteiger partial charge < -0.3 is 19.7 Å². The summed E-state index contributed by atoms with van der Waals surface area (Å²) in [5.41, 5.74) is 1.63. The van der Waals surface area contributed by atoms with Gasteiger partial charge in [-0.1, -0.05) is 12.1 Å². The van der Waals surface area contributed by atoms with Gasteiger partial charge in [0.15, 0.2) is 6.10 Å². The molecule has 140 valence electrons. The molecule has 0 aromatic heterocycles. The molecule has 0 radical (unpaired) electrons. The van der Waals surface area contributed by atoms with Crippen LogP contribution in [0, 0.1) is 0 Å². The zero-order valence-corrected chi connectivity index (χ0v) is 15.1. The highest BCUT2D eigenvalue weighted by atomic mass is 16.5. The minimum Gasteiger partial charge on any atom is -0.479 e. The first kappa shape index (κ1) is 18.4. The summed E-state index contributed by atoms with van der Waals surface area (Å²) in [6.07, 6.45) is -0.459. The van der Waals surface area contributed by atoms with Crippen molar-refractivity contribution in [3.8, 4) is 5.75 Å². The number of rotatable bonds is 5. The molecule has 7 heteroatoms. The molecular formula is C20H20N2O5. The van der Waals surface area contributed by atoms with Crippen molar-refractivity contribution in [2.45, 2.75) is 19.4 Å². The Balaban J connectivity index is 1.62. The average molecular weight is 368 g/mol. The summed E-state index contributed by atoms with van der Waals surface area (Å²) in [7, 11) is 1.31. The molecule has 1 atom stereocenters. The summed E-state index contributed by atoms with van der Waals surface area (Å²) in [6, 6.07) is 13.7. The normalized spacial score (nSPS) is 15.6. The van der Waals surface area contributed by atoms with Crippen molar-refractivity contribution in [1.29, 1.82) is 0 Å². The van der Waals surface area contributed by atoms with E-state index in [4.69, 9.17) is 4.74 Å². The zero-order valence-electron chi connectivity index (χ0n) is 15.1. The van der Waals surface area contributed by atoms with Crippen molar-refractivity contribution < 1.29 is 23.9 Å². The highest BCUT2D eigenvalue weighted by Crippen LogP contribution is 2.33. The van der Waals surface area contributed by atoms with Crippen molar-refractivity contribution in [3.63, 3.8) is 0 Å². The fourth-order valence-electron chi connectivity index (χ4n) is 2.83. The molecule has 0 bridgehead atoms. The Bertz CT molecular complexity index is 863. The molecule has 27 heavy (non-hydrogen) atoms. The second kappa shape index (κ2) is 7.90. The minimum atomic E-state index is -0.589. The van der Waals surface area contributed by atoms with E-state index in [1.165, 1.54) is 7.11 Å². The van der Waals surface area contributed by atoms with Crippen LogP contribution in [0.2, 0.25) is 0 Å². The number of benzene rings is 2. The summed E-state index contributed by atoms with van der Waals surface area (Å²) in [5, 5.41) is 2.76. The van der Waals surface area contributed by atoms with Gasteiger partial charge in [0.25, 0.3) is 5.91 Å². The lowest BCUT2D eigenvalue weighted by molar-refractivity contribution is -0.125. The van der Waals surface area contributed by atoms with Crippen LogP contribution in [0.3, 0.4) is 0 Å². The number of hydrogen-bond acceptors (Lipinski definition) is 5. The minimum absolute atomic E-state index is 0.131. The number of para-hydroxylation sites is 2. The van der Waals surface area contributed by atoms with Gasteiger partial charge in [-0.2, -0.15) is 0 Å². The molecule has 1 unspecified atom stereocenters. The molecule has 3 rings (SSSR count). The number of carbonyl (C=O) groups excluding carboxylic acids is 3. The fourth-order valence-corrected chi connectivity index (χ4v) is 2.83. The van der Waals surface area contributed by atoms with Crippen LogP contribution in [0.1, 0.15) is 23.7 Å². The van der Waals surface area contributed by atoms with Gasteiger partial charge in [0, 0.05) is 18.7 Å². The number of anilines is 2. The molecule has 0 saturated carbocycles. The Morgan fingerprint density at radius 1 is 1.15 bits per heavy atom. The summed E-state index contributed by atoms with van der Waals surface area (Å²) in [6.45, 7) is 1.93. The molecule has 0 fully saturated rings. The predicted molar refractivity (Wildman–Crippen MR) is 99.9 cm³/mol. The summed E-state index contributed by atoms with van der Waals surface area (Å²) >= 11 is 0. The second-order valence-electron chi connectivity index (χ2n) is 6.08. The third-order valence-electron chi connectivity index (χ3n) is 4.23. The van der Waals surface area contributed by atoms with Crippen LogP contribution in [0.5, 0.6) is 5.75 Å². The highest BCUT2D eigenvalue weighted by molar-refractivity contribution is 6.01. The topological polar surface area (TPSA) is 84.9 Å². The van der Waals surface area contributed by atoms with Crippen LogP contribution in [-0.4, -0.2) is 37.5 Å². The standard InChI is InChI=1S/C20H20N2O5/c1-13-19(24)22(16-5-3-4-6-17(16)27-13)12-11-18(23)21-15-9-7-14(8-10-15)20(25)26-2/h3-10,13H,11-12H2,1-2H3,(H,21,23). The van der Waals surface area contributed by atoms with Crippen molar-refractivity contribution in [2.24, 2.45) is 0 Å². The Labute approximate surface area is 156 Å². The van der Waals surface area contributed by atoms with Gasteiger partial charge in [-0.3, -0.25) is 9.59 Å². The Kier molecular flexibility index (Phi) is 5.40. The largest absolute Gasteiger partial charge is 0.479 e. The maximum atomic E-state index is 12.4. The molecule has 1 aliphatic heterocycles. The van der Waals surface area contributed by atoms with Crippen molar-refractivity contribution in [2.75, 3.05) is 23.9 Å². The maximum Gasteiger partial charge on any atom is 0.337 e. The van der Waals surface area contributed by atoms with E-state index in [1.807, 2.05) is 12.1 Å². The van der Waals surface area contributed by atoms with E-state index < -0.39 is 12.1 Å². The lowest BCUT2D eigenvalue weighted by atomic mass is 10.1. The first-order chi connectivity index (χ1) is 13.0. The molecule has 1 heterocycles. The monoisotopic (exact) mass is 368 g/mol. The van der Waals surface area contributed by atoms with Gasteiger partial charge in [0.1, 0.15) is 5.75 Å². The molecular weight excluding hydrogens is 348 g/mol. The number of nitrogens with zero attached hydrogens (tertiary/aromatic N) is 1. The van der Waals surface area contributed by atoms with E-state index in [-0.39, 0.29) is 24.8 Å². The number of fused-ring (bicyclic) bond motifs is 1. The molecule has 1 N–H and O–H groups in total. The highest BCUT2D eigenvalue weighted by Gasteiger charge is 2.31. The van der Waals surface area contributed by atoms with E-state index in [9.17, 15) is 14.4 Å². The van der Waals surface area contributed by atoms with E-state index in [0.29, 0.717) is 22.7 Å². The van der Waals surface area contributed by atoms with E-state index in [1.54, 1.807) is 48.2 Å². The first-order valence-electron chi connectivity index (χ1n) is 8.55. The van der Waals surface area contributed by atoms with Crippen LogP contribution in [0.4, 0.5) is 11.4 Å². The van der Waals surface area contributed by atoms with Gasteiger partial charge in [-0.25, -0.2) is 4.79 Å². The fraction of sp³-hybridized carbons (Fsp3) is 0.250. The van der Waals surface area contributed by atoms with Crippen molar-refractivity contribution in [1.82, 2.24) is 0 Å². The van der Waals surface area contributed by atoms with Crippen LogP contribution >= 0.6 is 0 Å². The van der Waals surface area contributed by atoms with E-state index in [2.05, 4.69) is 10.1 Å². The Morgan fingerprint density at radius 2 is 1.85 bits per heavy atom. The number of carbonyl (C=O) groups is 3. The molecule has 2 aromatic carbocycles. The van der Waals surface area contributed by atoms with Crippen LogP contribution in [0.25, 0.3) is 0 Å². The summed E-state index contributed by atoms with van der Waals surface area (Å²) in [4.78, 5) is 37.7. The number of esters is 1. The molecule has 2 amide bonds. The molecule has 2 aromatic rings. The SMILES string of the molecule is COC(=O)c1ccc(NC(=O)CCN2C(=O)C(C)Oc3ccccc32)cc1. The number of nitrogens with one attached hydrogen (secondary N) is 1. The van der Waals surface area contributed by atoms with Crippen LogP contribution < -0.4 is 15.0 Å². The van der Waals surface area contributed by atoms with Crippen molar-refractivity contribution in [3.05, 3.63) is 54.1 Å². The predicted octanol–water partition coefficient (Wildman–Crippen LogP) is 2.62. The number of amides is 2. The molecule has 0 aliphatic carbocycles. The van der Waals surface area contributed by atoms with Gasteiger partial charge >= 0.3 is 5.97 Å². The van der Waals surface area contributed by atoms with Gasteiger partial charge in [-0.15, -0.1) is 0 Å². The lowest BCUT2D eigenvalue weighted by Crippen LogP contribution is -2.45. The maximum absolute atomic E-state index is 12.4. The molecule has 0 saturated heterocycles. The van der Waals surface area contributed by atoms with E-state index >= 15 is 0 Å². The molecule has 1 aliphatic rings. The quantitative estimate of drug-likeness (QED) is 0.820. The van der Waals surface area contributed by atoms with Gasteiger partial charge in [-0.05, 0) is 43.3 Å². The summed E-state index contributed by atoms with van der Waals surface area (Å²) in [5.74, 6) is -0.218. The lowest BCUT2D eigenvalue weighted by Gasteiger charge is -2.32. The zero-order chi connectivity index (χ0) is 19.4. The second-order valence-corrected chi connectivity index (χ2v) is 6.08. The number of ether oxygens (including phenoxy) is 2. The van der Waals surface area contributed by atoms with Crippen LogP contribution in [-0.2, 0) is 14.3 Å². The third-order valence-corrected chi connectivity index (χ3v) is 4.23. The first-order valence-corrected chi connectivity index (χ1v) is 8.55. The Morgan fingerprint density at radius 3 is 2.56 bits per heavy atom. The molecule has 7 nitrogen and oxygen atoms in total. The smallest absolute Gasteiger partial charge is 0.337 e. The summed E-state index contributed by atoms with van der Waals surface area (Å²) < 4.78 is 10.2. The Hall–Kier alpha value is -3.35.